The summed E-state index contributed by atoms with van der Waals surface area (Å²) in [5.74, 6) is -0.822. The zero-order valence-corrected chi connectivity index (χ0v) is 12.4. The highest BCUT2D eigenvalue weighted by Gasteiger charge is 2.30. The van der Waals surface area contributed by atoms with Gasteiger partial charge in [-0.2, -0.15) is 5.10 Å². The fraction of sp³-hybridized carbons (Fsp3) is 0.308. The van der Waals surface area contributed by atoms with Crippen LogP contribution in [-0.2, 0) is 6.54 Å². The van der Waals surface area contributed by atoms with E-state index in [1.807, 2.05) is 0 Å². The van der Waals surface area contributed by atoms with Crippen molar-refractivity contribution >= 4 is 27.8 Å². The predicted octanol–water partition coefficient (Wildman–Crippen LogP) is 2.27. The van der Waals surface area contributed by atoms with Crippen LogP contribution in [0, 0.1) is 0 Å². The topological polar surface area (TPSA) is 108 Å². The van der Waals surface area contributed by atoms with Crippen molar-refractivity contribution in [1.82, 2.24) is 15.5 Å². The monoisotopic (exact) mass is 353 g/mol. The van der Waals surface area contributed by atoms with E-state index in [1.54, 1.807) is 0 Å². The number of H-pyrrole nitrogens is 1. The highest BCUT2D eigenvalue weighted by Crippen LogP contribution is 2.42. The fourth-order valence-corrected chi connectivity index (χ4v) is 2.65. The lowest BCUT2D eigenvalue weighted by atomic mass is 10.2. The summed E-state index contributed by atoms with van der Waals surface area (Å²) in [5.41, 5.74) is 1.24. The van der Waals surface area contributed by atoms with Crippen LogP contribution in [0.3, 0.4) is 0 Å². The van der Waals surface area contributed by atoms with Gasteiger partial charge in [0.05, 0.1) is 16.7 Å². The average molecular weight is 354 g/mol. The van der Waals surface area contributed by atoms with E-state index < -0.39 is 5.97 Å². The number of nitrogens with zero attached hydrogens (tertiary/aromatic N) is 1. The van der Waals surface area contributed by atoms with Crippen LogP contribution in [0.2, 0.25) is 0 Å². The second kappa shape index (κ2) is 5.36. The van der Waals surface area contributed by atoms with E-state index in [-0.39, 0.29) is 18.2 Å². The molecule has 0 aromatic carbocycles. The molecular formula is C13H12BrN3O4. The molecule has 1 fully saturated rings. The van der Waals surface area contributed by atoms with E-state index in [2.05, 4.69) is 31.4 Å². The summed E-state index contributed by atoms with van der Waals surface area (Å²) in [6.45, 7) is 0.101. The Labute approximate surface area is 127 Å². The van der Waals surface area contributed by atoms with Gasteiger partial charge in [0.2, 0.25) is 5.76 Å². The maximum Gasteiger partial charge on any atom is 0.371 e. The van der Waals surface area contributed by atoms with Crippen LogP contribution in [-0.4, -0.2) is 27.2 Å². The number of nitrogens with one attached hydrogen (secondary N) is 2. The van der Waals surface area contributed by atoms with Gasteiger partial charge < -0.3 is 14.8 Å². The van der Waals surface area contributed by atoms with Crippen molar-refractivity contribution < 1.29 is 19.1 Å². The number of aromatic carboxylic acids is 1. The number of amides is 1. The molecule has 1 amide bonds. The summed E-state index contributed by atoms with van der Waals surface area (Å²) in [4.78, 5) is 22.7. The van der Waals surface area contributed by atoms with Gasteiger partial charge in [-0.1, -0.05) is 0 Å². The Morgan fingerprint density at radius 3 is 2.86 bits per heavy atom. The van der Waals surface area contributed by atoms with Crippen molar-refractivity contribution in [1.29, 1.82) is 0 Å². The van der Waals surface area contributed by atoms with Crippen LogP contribution in [0.5, 0.6) is 0 Å². The zero-order valence-electron chi connectivity index (χ0n) is 10.9. The second-order valence-corrected chi connectivity index (χ2v) is 5.62. The number of hydrogen-bond donors (Lipinski definition) is 3. The number of furan rings is 1. The summed E-state index contributed by atoms with van der Waals surface area (Å²) in [7, 11) is 0. The molecule has 1 aliphatic carbocycles. The number of hydrogen-bond acceptors (Lipinski definition) is 4. The Bertz CT molecular complexity index is 702. The summed E-state index contributed by atoms with van der Waals surface area (Å²) in [6.07, 6.45) is 2.21. The van der Waals surface area contributed by atoms with Crippen LogP contribution in [0.4, 0.5) is 0 Å². The molecule has 1 aliphatic rings. The number of aromatic amines is 1. The van der Waals surface area contributed by atoms with Gasteiger partial charge in [0.25, 0.3) is 5.91 Å². The first-order valence-corrected chi connectivity index (χ1v) is 7.19. The van der Waals surface area contributed by atoms with E-state index in [0.717, 1.165) is 18.5 Å². The average Bonchev–Trinajstić information content (AvgIpc) is 3.04. The molecule has 0 radical (unpaired) electrons. The van der Waals surface area contributed by atoms with E-state index >= 15 is 0 Å². The van der Waals surface area contributed by atoms with E-state index in [9.17, 15) is 9.59 Å². The quantitative estimate of drug-likeness (QED) is 0.763. The Morgan fingerprint density at radius 1 is 1.48 bits per heavy atom. The van der Waals surface area contributed by atoms with Gasteiger partial charge in [0.15, 0.2) is 5.69 Å². The fourth-order valence-electron chi connectivity index (χ4n) is 1.97. The Balaban J connectivity index is 1.64. The lowest BCUT2D eigenvalue weighted by molar-refractivity contribution is 0.0660. The molecule has 0 atom stereocenters. The Kier molecular flexibility index (Phi) is 3.54. The van der Waals surface area contributed by atoms with Crippen LogP contribution < -0.4 is 5.32 Å². The molecule has 0 unspecified atom stereocenters. The molecule has 0 aliphatic heterocycles. The molecule has 0 bridgehead atoms. The van der Waals surface area contributed by atoms with Crippen molar-refractivity contribution in [3.8, 4) is 0 Å². The van der Waals surface area contributed by atoms with Gasteiger partial charge in [0.1, 0.15) is 5.76 Å². The highest BCUT2D eigenvalue weighted by atomic mass is 79.9. The van der Waals surface area contributed by atoms with Gasteiger partial charge in [-0.15, -0.1) is 0 Å². The first-order chi connectivity index (χ1) is 10.1. The molecular weight excluding hydrogens is 342 g/mol. The normalized spacial score (nSPS) is 14.1. The Hall–Kier alpha value is -2.09. The van der Waals surface area contributed by atoms with Crippen LogP contribution in [0.15, 0.2) is 21.0 Å². The lowest BCUT2D eigenvalue weighted by Gasteiger charge is -2.01. The van der Waals surface area contributed by atoms with Gasteiger partial charge in [0, 0.05) is 5.92 Å². The molecule has 1 saturated carbocycles. The Morgan fingerprint density at radius 2 is 2.24 bits per heavy atom. The second-order valence-electron chi connectivity index (χ2n) is 4.83. The van der Waals surface area contributed by atoms with E-state index in [4.69, 9.17) is 9.52 Å². The lowest BCUT2D eigenvalue weighted by Crippen LogP contribution is -2.23. The number of carbonyl (C=O) groups excluding carboxylic acids is 1. The molecule has 2 aromatic heterocycles. The zero-order chi connectivity index (χ0) is 15.0. The summed E-state index contributed by atoms with van der Waals surface area (Å²) in [6, 6.07) is 2.86. The first kappa shape index (κ1) is 13.9. The van der Waals surface area contributed by atoms with Crippen molar-refractivity contribution in [3.05, 3.63) is 39.5 Å². The van der Waals surface area contributed by atoms with Crippen LogP contribution >= 0.6 is 15.9 Å². The van der Waals surface area contributed by atoms with Crippen molar-refractivity contribution in [2.24, 2.45) is 0 Å². The van der Waals surface area contributed by atoms with Crippen molar-refractivity contribution in [3.63, 3.8) is 0 Å². The predicted molar refractivity (Wildman–Crippen MR) is 75.1 cm³/mol. The van der Waals surface area contributed by atoms with Crippen molar-refractivity contribution in [2.75, 3.05) is 0 Å². The minimum Gasteiger partial charge on any atom is -0.475 e. The smallest absolute Gasteiger partial charge is 0.371 e. The minimum absolute atomic E-state index is 0.101. The molecule has 7 nitrogen and oxygen atoms in total. The third-order valence-electron chi connectivity index (χ3n) is 3.23. The standard InChI is InChI=1S/C13H12BrN3O4/c14-9-10(6-1-2-6)16-17-11(9)12(18)15-5-7-3-4-8(21-7)13(19)20/h3-4,6H,1-2,5H2,(H,15,18)(H,16,17)(H,19,20). The van der Waals surface area contributed by atoms with Gasteiger partial charge in [-0.25, -0.2) is 4.79 Å². The number of halogens is 1. The summed E-state index contributed by atoms with van der Waals surface area (Å²) in [5, 5.41) is 18.3. The molecule has 3 N–H and O–H groups in total. The summed E-state index contributed by atoms with van der Waals surface area (Å²) < 4.78 is 5.75. The SMILES string of the molecule is O=C(O)c1ccc(CNC(=O)c2n[nH]c(C3CC3)c2Br)o1. The minimum atomic E-state index is -1.14. The van der Waals surface area contributed by atoms with E-state index in [1.165, 1.54) is 12.1 Å². The molecule has 0 spiro atoms. The highest BCUT2D eigenvalue weighted by molar-refractivity contribution is 9.10. The number of carbonyl (C=O) groups is 2. The van der Waals surface area contributed by atoms with Gasteiger partial charge >= 0.3 is 5.97 Å². The van der Waals surface area contributed by atoms with Crippen LogP contribution in [0.25, 0.3) is 0 Å². The molecule has 8 heteroatoms. The van der Waals surface area contributed by atoms with Gasteiger partial charge in [-0.05, 0) is 40.9 Å². The first-order valence-electron chi connectivity index (χ1n) is 6.40. The third kappa shape index (κ3) is 2.85. The van der Waals surface area contributed by atoms with E-state index in [0.29, 0.717) is 21.8 Å². The molecule has 2 heterocycles. The van der Waals surface area contributed by atoms with Gasteiger partial charge in [-0.3, -0.25) is 9.89 Å². The number of carboxylic acid groups (broad SMARTS) is 1. The number of carboxylic acids is 1. The molecule has 3 rings (SSSR count). The largest absolute Gasteiger partial charge is 0.475 e. The van der Waals surface area contributed by atoms with Crippen LogP contribution in [0.1, 0.15) is 51.3 Å². The molecule has 21 heavy (non-hydrogen) atoms. The molecule has 2 aromatic rings. The number of rotatable bonds is 5. The summed E-state index contributed by atoms with van der Waals surface area (Å²) >= 11 is 3.39. The molecule has 110 valence electrons. The number of aromatic nitrogens is 2. The maximum atomic E-state index is 12.1. The van der Waals surface area contributed by atoms with Crippen molar-refractivity contribution in [2.45, 2.75) is 25.3 Å². The molecule has 0 saturated heterocycles. The maximum absolute atomic E-state index is 12.1. The third-order valence-corrected chi connectivity index (χ3v) is 4.03.